The van der Waals surface area contributed by atoms with Crippen LogP contribution in [0.5, 0.6) is 0 Å². The fraction of sp³-hybridized carbons (Fsp3) is 0.182. The summed E-state index contributed by atoms with van der Waals surface area (Å²) in [7, 11) is 0. The van der Waals surface area contributed by atoms with Gasteiger partial charge in [0, 0.05) is 5.69 Å². The Morgan fingerprint density at radius 2 is 1.69 bits per heavy atom. The SMILES string of the molecule is O=C(OCc1ccc(-c2ccccc2)cc1)c1cc2c([nH]c1=O)CCC2. The summed E-state index contributed by atoms with van der Waals surface area (Å²) in [5, 5.41) is 0. The minimum atomic E-state index is -0.576. The van der Waals surface area contributed by atoms with Crippen LogP contribution in [0.4, 0.5) is 0 Å². The average Bonchev–Trinajstić information content (AvgIpc) is 3.14. The Hall–Kier alpha value is -3.14. The van der Waals surface area contributed by atoms with E-state index in [4.69, 9.17) is 4.74 Å². The van der Waals surface area contributed by atoms with E-state index in [1.807, 2.05) is 42.5 Å². The molecule has 0 spiro atoms. The number of pyridine rings is 1. The van der Waals surface area contributed by atoms with E-state index in [1.54, 1.807) is 6.07 Å². The second kappa shape index (κ2) is 7.00. The zero-order valence-electron chi connectivity index (χ0n) is 14.3. The zero-order chi connectivity index (χ0) is 17.9. The van der Waals surface area contributed by atoms with Gasteiger partial charge in [-0.1, -0.05) is 54.6 Å². The maximum Gasteiger partial charge on any atom is 0.344 e. The van der Waals surface area contributed by atoms with Gasteiger partial charge in [-0.15, -0.1) is 0 Å². The first-order valence-corrected chi connectivity index (χ1v) is 8.77. The van der Waals surface area contributed by atoms with Crippen molar-refractivity contribution in [2.75, 3.05) is 0 Å². The number of H-pyrrole nitrogens is 1. The molecule has 4 rings (SSSR count). The third-order valence-electron chi connectivity index (χ3n) is 4.74. The smallest absolute Gasteiger partial charge is 0.344 e. The first-order valence-electron chi connectivity index (χ1n) is 8.77. The highest BCUT2D eigenvalue weighted by molar-refractivity contribution is 5.89. The molecule has 0 saturated carbocycles. The quantitative estimate of drug-likeness (QED) is 0.730. The molecule has 3 aromatic rings. The van der Waals surface area contributed by atoms with E-state index in [9.17, 15) is 9.59 Å². The van der Waals surface area contributed by atoms with Crippen LogP contribution >= 0.6 is 0 Å². The van der Waals surface area contributed by atoms with Gasteiger partial charge in [-0.05, 0) is 47.6 Å². The molecule has 0 atom stereocenters. The van der Waals surface area contributed by atoms with Crippen LogP contribution < -0.4 is 5.56 Å². The summed E-state index contributed by atoms with van der Waals surface area (Å²) >= 11 is 0. The third kappa shape index (κ3) is 3.31. The lowest BCUT2D eigenvalue weighted by atomic mass is 10.0. The molecule has 0 saturated heterocycles. The lowest BCUT2D eigenvalue weighted by Gasteiger charge is -2.07. The van der Waals surface area contributed by atoms with Crippen molar-refractivity contribution >= 4 is 5.97 Å². The molecule has 1 N–H and O–H groups in total. The van der Waals surface area contributed by atoms with Gasteiger partial charge in [0.15, 0.2) is 0 Å². The number of carbonyl (C=O) groups is 1. The first kappa shape index (κ1) is 16.3. The van der Waals surface area contributed by atoms with Gasteiger partial charge >= 0.3 is 5.97 Å². The van der Waals surface area contributed by atoms with Crippen LogP contribution in [-0.2, 0) is 24.2 Å². The molecule has 0 radical (unpaired) electrons. The predicted octanol–water partition coefficient (Wildman–Crippen LogP) is 3.89. The average molecular weight is 345 g/mol. The van der Waals surface area contributed by atoms with E-state index >= 15 is 0 Å². The maximum absolute atomic E-state index is 12.3. The maximum atomic E-state index is 12.3. The molecule has 0 unspecified atom stereocenters. The molecule has 2 aromatic carbocycles. The standard InChI is InChI=1S/C22H19NO3/c24-21-19(13-18-7-4-8-20(18)23-21)22(25)26-14-15-9-11-17(12-10-15)16-5-2-1-3-6-16/h1-3,5-6,9-13H,4,7-8,14H2,(H,23,24). The number of fused-ring (bicyclic) bond motifs is 1. The van der Waals surface area contributed by atoms with E-state index in [0.29, 0.717) is 0 Å². The molecule has 26 heavy (non-hydrogen) atoms. The summed E-state index contributed by atoms with van der Waals surface area (Å²) in [6.07, 6.45) is 2.78. The highest BCUT2D eigenvalue weighted by Crippen LogP contribution is 2.21. The Balaban J connectivity index is 1.44. The van der Waals surface area contributed by atoms with Crippen molar-refractivity contribution in [3.05, 3.63) is 93.4 Å². The van der Waals surface area contributed by atoms with Crippen LogP contribution in [0.2, 0.25) is 0 Å². The summed E-state index contributed by atoms with van der Waals surface area (Å²) in [6, 6.07) is 19.6. The molecule has 130 valence electrons. The molecule has 4 nitrogen and oxygen atoms in total. The highest BCUT2D eigenvalue weighted by atomic mass is 16.5. The van der Waals surface area contributed by atoms with Crippen molar-refractivity contribution in [1.82, 2.24) is 4.98 Å². The molecule has 1 aliphatic carbocycles. The molecule has 1 aromatic heterocycles. The molecule has 1 heterocycles. The predicted molar refractivity (Wildman–Crippen MR) is 100 cm³/mol. The molecule has 0 amide bonds. The number of nitrogens with one attached hydrogen (secondary N) is 1. The Kier molecular flexibility index (Phi) is 4.40. The van der Waals surface area contributed by atoms with Crippen LogP contribution in [0.25, 0.3) is 11.1 Å². The van der Waals surface area contributed by atoms with Crippen LogP contribution in [0.15, 0.2) is 65.5 Å². The number of aromatic amines is 1. The lowest BCUT2D eigenvalue weighted by Crippen LogP contribution is -2.21. The molecule has 4 heteroatoms. The topological polar surface area (TPSA) is 59.2 Å². The van der Waals surface area contributed by atoms with Gasteiger partial charge in [0.2, 0.25) is 0 Å². The number of esters is 1. The second-order valence-electron chi connectivity index (χ2n) is 6.51. The van der Waals surface area contributed by atoms with Crippen LogP contribution in [0, 0.1) is 0 Å². The van der Waals surface area contributed by atoms with Crippen LogP contribution in [0.3, 0.4) is 0 Å². The minimum Gasteiger partial charge on any atom is -0.457 e. The Bertz CT molecular complexity index is 988. The summed E-state index contributed by atoms with van der Waals surface area (Å²) in [5.74, 6) is -0.576. The van der Waals surface area contributed by atoms with Crippen LogP contribution in [0.1, 0.15) is 33.6 Å². The van der Waals surface area contributed by atoms with Crippen molar-refractivity contribution < 1.29 is 9.53 Å². The van der Waals surface area contributed by atoms with Gasteiger partial charge in [0.05, 0.1) is 0 Å². The molecular formula is C22H19NO3. The van der Waals surface area contributed by atoms with E-state index in [2.05, 4.69) is 17.1 Å². The number of rotatable bonds is 4. The second-order valence-corrected chi connectivity index (χ2v) is 6.51. The number of hydrogen-bond donors (Lipinski definition) is 1. The van der Waals surface area contributed by atoms with Gasteiger partial charge in [0.25, 0.3) is 5.56 Å². The lowest BCUT2D eigenvalue weighted by molar-refractivity contribution is 0.0470. The summed E-state index contributed by atoms with van der Waals surface area (Å²) in [4.78, 5) is 27.2. The third-order valence-corrected chi connectivity index (χ3v) is 4.74. The number of aromatic nitrogens is 1. The van der Waals surface area contributed by atoms with Crippen molar-refractivity contribution in [3.63, 3.8) is 0 Å². The van der Waals surface area contributed by atoms with Crippen molar-refractivity contribution in [2.45, 2.75) is 25.9 Å². The van der Waals surface area contributed by atoms with E-state index in [-0.39, 0.29) is 17.7 Å². The monoisotopic (exact) mass is 345 g/mol. The molecule has 0 bridgehead atoms. The number of carbonyl (C=O) groups excluding carboxylic acids is 1. The Morgan fingerprint density at radius 3 is 2.46 bits per heavy atom. The van der Waals surface area contributed by atoms with E-state index < -0.39 is 5.97 Å². The summed E-state index contributed by atoms with van der Waals surface area (Å²) < 4.78 is 5.34. The van der Waals surface area contributed by atoms with Gasteiger partial charge in [-0.25, -0.2) is 4.79 Å². The van der Waals surface area contributed by atoms with E-state index in [1.165, 1.54) is 0 Å². The summed E-state index contributed by atoms with van der Waals surface area (Å²) in [6.45, 7) is 0.143. The minimum absolute atomic E-state index is 0.0894. The molecular weight excluding hydrogens is 326 g/mol. The Morgan fingerprint density at radius 1 is 0.962 bits per heavy atom. The first-order chi connectivity index (χ1) is 12.7. The number of aryl methyl sites for hydroxylation is 2. The fourth-order valence-electron chi connectivity index (χ4n) is 3.32. The van der Waals surface area contributed by atoms with Gasteiger partial charge < -0.3 is 9.72 Å². The molecule has 0 aliphatic heterocycles. The van der Waals surface area contributed by atoms with Gasteiger partial charge in [0.1, 0.15) is 12.2 Å². The summed E-state index contributed by atoms with van der Waals surface area (Å²) in [5.41, 5.74) is 4.85. The van der Waals surface area contributed by atoms with Gasteiger partial charge in [-0.2, -0.15) is 0 Å². The van der Waals surface area contributed by atoms with Crippen molar-refractivity contribution in [1.29, 1.82) is 0 Å². The largest absolute Gasteiger partial charge is 0.457 e. The van der Waals surface area contributed by atoms with Crippen LogP contribution in [-0.4, -0.2) is 11.0 Å². The number of hydrogen-bond acceptors (Lipinski definition) is 3. The normalized spacial score (nSPS) is 12.6. The molecule has 0 fully saturated rings. The number of ether oxygens (including phenoxy) is 1. The van der Waals surface area contributed by atoms with Gasteiger partial charge in [-0.3, -0.25) is 4.79 Å². The highest BCUT2D eigenvalue weighted by Gasteiger charge is 2.19. The van der Waals surface area contributed by atoms with Crippen molar-refractivity contribution in [3.8, 4) is 11.1 Å². The van der Waals surface area contributed by atoms with E-state index in [0.717, 1.165) is 47.2 Å². The fourth-order valence-corrected chi connectivity index (χ4v) is 3.32. The zero-order valence-corrected chi connectivity index (χ0v) is 14.3. The number of benzene rings is 2. The van der Waals surface area contributed by atoms with Crippen molar-refractivity contribution in [2.24, 2.45) is 0 Å². The Labute approximate surface area is 151 Å². The molecule has 1 aliphatic rings.